The minimum absolute atomic E-state index is 0.0874. The van der Waals surface area contributed by atoms with Gasteiger partial charge in [0.1, 0.15) is 12.9 Å². The summed E-state index contributed by atoms with van der Waals surface area (Å²) in [5.41, 5.74) is 1.40. The van der Waals surface area contributed by atoms with Gasteiger partial charge >= 0.3 is 5.97 Å². The first-order valence-electron chi connectivity index (χ1n) is 11.3. The molecule has 2 saturated heterocycles. The average molecular weight is 470 g/mol. The number of aliphatic hydroxyl groups excluding tert-OH is 1. The maximum atomic E-state index is 13.3. The number of nitrogens with zero attached hydrogens (tertiary/aromatic N) is 7. The van der Waals surface area contributed by atoms with Gasteiger partial charge in [0, 0.05) is 18.7 Å². The van der Waals surface area contributed by atoms with E-state index in [1.165, 1.54) is 18.1 Å². The number of likely N-dealkylation sites (tertiary alicyclic amines) is 2. The van der Waals surface area contributed by atoms with Crippen molar-refractivity contribution in [2.45, 2.75) is 32.3 Å². The van der Waals surface area contributed by atoms with E-state index in [2.05, 4.69) is 25.4 Å². The summed E-state index contributed by atoms with van der Waals surface area (Å²) >= 11 is 0. The molecule has 1 atom stereocenters. The summed E-state index contributed by atoms with van der Waals surface area (Å²) in [4.78, 5) is 33.3. The zero-order chi connectivity index (χ0) is 23.9. The lowest BCUT2D eigenvalue weighted by atomic mass is 9.77. The number of hydrogen-bond donors (Lipinski definition) is 1. The van der Waals surface area contributed by atoms with Crippen LogP contribution in [0.2, 0.25) is 0 Å². The van der Waals surface area contributed by atoms with Crippen LogP contribution < -0.4 is 4.74 Å². The Bertz CT molecular complexity index is 1120. The molecule has 5 rings (SSSR count). The molecule has 180 valence electrons. The van der Waals surface area contributed by atoms with Crippen LogP contribution in [0.5, 0.6) is 5.88 Å². The van der Waals surface area contributed by atoms with Crippen molar-refractivity contribution in [2.24, 2.45) is 5.41 Å². The maximum absolute atomic E-state index is 13.3. The number of hydrogen-bond acceptors (Lipinski definition) is 10. The highest BCUT2D eigenvalue weighted by Crippen LogP contribution is 2.44. The second-order valence-corrected chi connectivity index (χ2v) is 8.97. The Morgan fingerprint density at radius 1 is 1.21 bits per heavy atom. The molecule has 1 spiro atoms. The predicted molar refractivity (Wildman–Crippen MR) is 117 cm³/mol. The largest absolute Gasteiger partial charge is 0.481 e. The van der Waals surface area contributed by atoms with Crippen LogP contribution in [-0.2, 0) is 14.3 Å². The molecule has 0 radical (unpaired) electrons. The minimum Gasteiger partial charge on any atom is -0.481 e. The first kappa shape index (κ1) is 22.4. The number of esters is 1. The van der Waals surface area contributed by atoms with E-state index in [0.717, 1.165) is 6.42 Å². The van der Waals surface area contributed by atoms with Crippen molar-refractivity contribution < 1.29 is 24.2 Å². The van der Waals surface area contributed by atoms with E-state index in [0.29, 0.717) is 67.6 Å². The summed E-state index contributed by atoms with van der Waals surface area (Å²) in [6.45, 7) is 4.30. The number of tetrazole rings is 1. The standard InChI is InChI=1S/C22H27N7O5/c1-14-16(12-34-20(14)31)28-10-7-22(21(28)32)5-8-27(9-6-22)11-17(30)15-3-4-18(24-19(15)33-2)29-13-23-25-26-29/h3-4,13,17,30H,5-12H2,1-2H3/t17-/m1/s1. The number of methoxy groups -OCH3 is 1. The van der Waals surface area contributed by atoms with Gasteiger partial charge in [-0.3, -0.25) is 4.79 Å². The van der Waals surface area contributed by atoms with E-state index in [-0.39, 0.29) is 18.5 Å². The Hall–Kier alpha value is -3.38. The molecule has 2 fully saturated rings. The van der Waals surface area contributed by atoms with Crippen molar-refractivity contribution >= 4 is 11.9 Å². The van der Waals surface area contributed by atoms with Gasteiger partial charge < -0.3 is 24.4 Å². The molecule has 12 nitrogen and oxygen atoms in total. The number of amides is 1. The van der Waals surface area contributed by atoms with Crippen molar-refractivity contribution in [1.82, 2.24) is 35.0 Å². The van der Waals surface area contributed by atoms with Crippen LogP contribution in [-0.4, -0.2) is 91.9 Å². The van der Waals surface area contributed by atoms with Crippen LogP contribution in [0.1, 0.15) is 37.9 Å². The molecule has 1 N–H and O–H groups in total. The Kier molecular flexibility index (Phi) is 5.78. The number of carbonyl (C=O) groups is 2. The highest BCUT2D eigenvalue weighted by atomic mass is 16.5. The lowest BCUT2D eigenvalue weighted by molar-refractivity contribution is -0.138. The molecule has 2 aromatic rings. The maximum Gasteiger partial charge on any atom is 0.336 e. The normalized spacial score (nSPS) is 21.4. The summed E-state index contributed by atoms with van der Waals surface area (Å²) in [5, 5.41) is 21.9. The molecule has 0 unspecified atom stereocenters. The number of ether oxygens (including phenoxy) is 2. The average Bonchev–Trinajstić information content (AvgIpc) is 3.57. The number of piperidine rings is 1. The van der Waals surface area contributed by atoms with Crippen LogP contribution in [0, 0.1) is 5.41 Å². The molecule has 0 aliphatic carbocycles. The lowest BCUT2D eigenvalue weighted by Crippen LogP contribution is -2.45. The van der Waals surface area contributed by atoms with Crippen molar-refractivity contribution in [3.63, 3.8) is 0 Å². The van der Waals surface area contributed by atoms with Crippen molar-refractivity contribution in [1.29, 1.82) is 0 Å². The monoisotopic (exact) mass is 469 g/mol. The molecule has 3 aliphatic rings. The summed E-state index contributed by atoms with van der Waals surface area (Å²) in [6, 6.07) is 3.49. The number of carbonyl (C=O) groups excluding carboxylic acids is 2. The number of aliphatic hydroxyl groups is 1. The van der Waals surface area contributed by atoms with E-state index in [1.54, 1.807) is 24.0 Å². The zero-order valence-electron chi connectivity index (χ0n) is 19.2. The predicted octanol–water partition coefficient (Wildman–Crippen LogP) is 0.245. The first-order chi connectivity index (χ1) is 16.4. The van der Waals surface area contributed by atoms with E-state index < -0.39 is 11.5 Å². The van der Waals surface area contributed by atoms with Gasteiger partial charge in [0.2, 0.25) is 11.8 Å². The quantitative estimate of drug-likeness (QED) is 0.586. The molecule has 5 heterocycles. The van der Waals surface area contributed by atoms with Crippen LogP contribution in [0.25, 0.3) is 5.82 Å². The summed E-state index contributed by atoms with van der Waals surface area (Å²) in [5.74, 6) is 0.544. The molecule has 0 bridgehead atoms. The van der Waals surface area contributed by atoms with Gasteiger partial charge in [-0.05, 0) is 61.8 Å². The zero-order valence-corrected chi connectivity index (χ0v) is 19.2. The van der Waals surface area contributed by atoms with E-state index in [9.17, 15) is 14.7 Å². The summed E-state index contributed by atoms with van der Waals surface area (Å²) in [7, 11) is 1.50. The minimum atomic E-state index is -0.801. The SMILES string of the molecule is COc1nc(-n2cnnn2)ccc1[C@H](O)CN1CCC2(CC1)CCN(C1=C(C)C(=O)OC1)C2=O. The lowest BCUT2D eigenvalue weighted by Gasteiger charge is -2.38. The van der Waals surface area contributed by atoms with Gasteiger partial charge in [-0.25, -0.2) is 4.79 Å². The van der Waals surface area contributed by atoms with Gasteiger partial charge in [0.05, 0.1) is 29.9 Å². The number of β-amino-alcohol motifs (C(OH)–C–C–N with tert-alkyl or cyclic N) is 1. The fourth-order valence-corrected chi connectivity index (χ4v) is 5.05. The van der Waals surface area contributed by atoms with Crippen LogP contribution in [0.15, 0.2) is 29.7 Å². The Labute approximate surface area is 196 Å². The van der Waals surface area contributed by atoms with Crippen LogP contribution in [0.3, 0.4) is 0 Å². The van der Waals surface area contributed by atoms with Gasteiger partial charge in [-0.1, -0.05) is 0 Å². The van der Waals surface area contributed by atoms with E-state index >= 15 is 0 Å². The summed E-state index contributed by atoms with van der Waals surface area (Å²) in [6.07, 6.45) is 2.82. The van der Waals surface area contributed by atoms with Crippen molar-refractivity contribution in [3.8, 4) is 11.7 Å². The van der Waals surface area contributed by atoms with Gasteiger partial charge in [-0.15, -0.1) is 5.10 Å². The molecule has 12 heteroatoms. The van der Waals surface area contributed by atoms with Gasteiger partial charge in [0.15, 0.2) is 5.82 Å². The van der Waals surface area contributed by atoms with E-state index in [4.69, 9.17) is 9.47 Å². The van der Waals surface area contributed by atoms with Crippen molar-refractivity contribution in [3.05, 3.63) is 35.3 Å². The number of cyclic esters (lactones) is 1. The third-order valence-corrected chi connectivity index (χ3v) is 7.17. The van der Waals surface area contributed by atoms with Crippen molar-refractivity contribution in [2.75, 3.05) is 39.9 Å². The molecular weight excluding hydrogens is 442 g/mol. The summed E-state index contributed by atoms with van der Waals surface area (Å²) < 4.78 is 11.9. The third kappa shape index (κ3) is 3.82. The molecule has 1 amide bonds. The number of rotatable bonds is 6. The Morgan fingerprint density at radius 3 is 2.62 bits per heavy atom. The van der Waals surface area contributed by atoms with E-state index in [1.807, 2.05) is 0 Å². The third-order valence-electron chi connectivity index (χ3n) is 7.17. The smallest absolute Gasteiger partial charge is 0.336 e. The fourth-order valence-electron chi connectivity index (χ4n) is 5.05. The second kappa shape index (κ2) is 8.76. The molecule has 0 saturated carbocycles. The topological polar surface area (TPSA) is 136 Å². The number of aromatic nitrogens is 5. The fraction of sp³-hybridized carbons (Fsp3) is 0.545. The molecule has 2 aromatic heterocycles. The van der Waals surface area contributed by atoms with Gasteiger partial charge in [-0.2, -0.15) is 9.67 Å². The molecular formula is C22H27N7O5. The molecule has 34 heavy (non-hydrogen) atoms. The highest BCUT2D eigenvalue weighted by molar-refractivity contribution is 5.94. The number of pyridine rings is 1. The van der Waals surface area contributed by atoms with Crippen LogP contribution >= 0.6 is 0 Å². The Balaban J connectivity index is 1.22. The molecule has 3 aliphatic heterocycles. The second-order valence-electron chi connectivity index (χ2n) is 8.97. The van der Waals surface area contributed by atoms with Gasteiger partial charge in [0.25, 0.3) is 0 Å². The highest BCUT2D eigenvalue weighted by Gasteiger charge is 2.50. The molecule has 0 aromatic carbocycles. The first-order valence-corrected chi connectivity index (χ1v) is 11.3. The van der Waals surface area contributed by atoms with Crippen LogP contribution in [0.4, 0.5) is 0 Å². The Morgan fingerprint density at radius 2 is 1.97 bits per heavy atom.